The normalized spacial score (nSPS) is 11.8. The second kappa shape index (κ2) is 7.05. The fourth-order valence-electron chi connectivity index (χ4n) is 2.60. The monoisotopic (exact) mass is 306 g/mol. The quantitative estimate of drug-likeness (QED) is 0.824. The van der Waals surface area contributed by atoms with Gasteiger partial charge < -0.3 is 5.32 Å². The van der Waals surface area contributed by atoms with E-state index in [2.05, 4.69) is 47.9 Å². The Morgan fingerprint density at radius 3 is 2.43 bits per heavy atom. The van der Waals surface area contributed by atoms with Crippen LogP contribution in [0.25, 0.3) is 10.9 Å². The first-order valence-electron chi connectivity index (χ1n) is 7.41. The number of nitrogens with one attached hydrogen (secondary N) is 1. The molecular formula is C16H23ClN4. The Bertz CT molecular complexity index is 590. The molecule has 2 aromatic rings. The van der Waals surface area contributed by atoms with E-state index in [0.717, 1.165) is 29.8 Å². The van der Waals surface area contributed by atoms with Crippen molar-refractivity contribution < 1.29 is 0 Å². The van der Waals surface area contributed by atoms with Gasteiger partial charge in [-0.25, -0.2) is 9.97 Å². The molecule has 0 aliphatic rings. The second-order valence-electron chi connectivity index (χ2n) is 5.71. The lowest BCUT2D eigenvalue weighted by molar-refractivity contribution is 0.182. The van der Waals surface area contributed by atoms with Gasteiger partial charge in [-0.2, -0.15) is 0 Å². The molecule has 114 valence electrons. The minimum absolute atomic E-state index is 0.278. The van der Waals surface area contributed by atoms with Crippen molar-refractivity contribution in [2.24, 2.45) is 0 Å². The summed E-state index contributed by atoms with van der Waals surface area (Å²) in [5, 5.41) is 4.67. The molecule has 0 saturated carbocycles. The van der Waals surface area contributed by atoms with Crippen LogP contribution in [-0.4, -0.2) is 40.0 Å². The van der Waals surface area contributed by atoms with E-state index in [1.54, 1.807) is 0 Å². The first kappa shape index (κ1) is 16.0. The van der Waals surface area contributed by atoms with Crippen molar-refractivity contribution in [3.8, 4) is 0 Å². The third-order valence-corrected chi connectivity index (χ3v) is 3.73. The highest BCUT2D eigenvalue weighted by molar-refractivity contribution is 6.28. The summed E-state index contributed by atoms with van der Waals surface area (Å²) in [5.41, 5.74) is 0.865. The van der Waals surface area contributed by atoms with Gasteiger partial charge in [0.2, 0.25) is 5.28 Å². The van der Waals surface area contributed by atoms with Gasteiger partial charge in [0.1, 0.15) is 5.82 Å². The van der Waals surface area contributed by atoms with Crippen LogP contribution in [0.2, 0.25) is 5.28 Å². The van der Waals surface area contributed by atoms with Crippen molar-refractivity contribution in [1.29, 1.82) is 0 Å². The smallest absolute Gasteiger partial charge is 0.224 e. The van der Waals surface area contributed by atoms with Crippen LogP contribution >= 0.6 is 11.6 Å². The molecule has 0 bridgehead atoms. The van der Waals surface area contributed by atoms with Gasteiger partial charge in [-0.15, -0.1) is 0 Å². The van der Waals surface area contributed by atoms with Gasteiger partial charge in [0.25, 0.3) is 0 Å². The molecule has 0 radical (unpaired) electrons. The van der Waals surface area contributed by atoms with Crippen molar-refractivity contribution in [3.63, 3.8) is 0 Å². The SMILES string of the molecule is CC(C)N(CCNc1nc(Cl)nc2ccccc12)C(C)C. The fraction of sp³-hybridized carbons (Fsp3) is 0.500. The lowest BCUT2D eigenvalue weighted by Gasteiger charge is -2.30. The van der Waals surface area contributed by atoms with E-state index in [4.69, 9.17) is 11.6 Å². The second-order valence-corrected chi connectivity index (χ2v) is 6.05. The zero-order valence-electron chi connectivity index (χ0n) is 13.1. The molecule has 1 aromatic heterocycles. The summed E-state index contributed by atoms with van der Waals surface area (Å²) in [6.07, 6.45) is 0. The highest BCUT2D eigenvalue weighted by Gasteiger charge is 2.13. The van der Waals surface area contributed by atoms with Crippen LogP contribution in [0, 0.1) is 0 Å². The van der Waals surface area contributed by atoms with E-state index >= 15 is 0 Å². The summed E-state index contributed by atoms with van der Waals surface area (Å²) in [6.45, 7) is 10.7. The molecule has 0 aliphatic carbocycles. The number of halogens is 1. The molecule has 0 amide bonds. The predicted octanol–water partition coefficient (Wildman–Crippen LogP) is 3.81. The maximum atomic E-state index is 5.99. The maximum Gasteiger partial charge on any atom is 0.224 e. The molecular weight excluding hydrogens is 284 g/mol. The predicted molar refractivity (Wildman–Crippen MR) is 90.0 cm³/mol. The van der Waals surface area contributed by atoms with Crippen LogP contribution in [0.5, 0.6) is 0 Å². The van der Waals surface area contributed by atoms with Gasteiger partial charge in [-0.3, -0.25) is 4.90 Å². The maximum absolute atomic E-state index is 5.99. The average molecular weight is 307 g/mol. The van der Waals surface area contributed by atoms with Crippen LogP contribution in [-0.2, 0) is 0 Å². The third kappa shape index (κ3) is 4.05. The number of rotatable bonds is 6. The van der Waals surface area contributed by atoms with E-state index in [9.17, 15) is 0 Å². The Labute approximate surface area is 131 Å². The van der Waals surface area contributed by atoms with Crippen molar-refractivity contribution in [2.75, 3.05) is 18.4 Å². The Morgan fingerprint density at radius 2 is 1.76 bits per heavy atom. The molecule has 21 heavy (non-hydrogen) atoms. The van der Waals surface area contributed by atoms with E-state index in [0.29, 0.717) is 12.1 Å². The zero-order valence-corrected chi connectivity index (χ0v) is 13.9. The highest BCUT2D eigenvalue weighted by Crippen LogP contribution is 2.21. The number of nitrogens with zero attached hydrogens (tertiary/aromatic N) is 3. The molecule has 0 aliphatic heterocycles. The average Bonchev–Trinajstić information content (AvgIpc) is 2.42. The molecule has 4 nitrogen and oxygen atoms in total. The summed E-state index contributed by atoms with van der Waals surface area (Å²) in [4.78, 5) is 11.0. The topological polar surface area (TPSA) is 41.0 Å². The fourth-order valence-corrected chi connectivity index (χ4v) is 2.77. The van der Waals surface area contributed by atoms with E-state index < -0.39 is 0 Å². The third-order valence-electron chi connectivity index (χ3n) is 3.56. The zero-order chi connectivity index (χ0) is 15.4. The van der Waals surface area contributed by atoms with Crippen LogP contribution < -0.4 is 5.32 Å². The number of benzene rings is 1. The molecule has 0 saturated heterocycles. The Morgan fingerprint density at radius 1 is 1.10 bits per heavy atom. The van der Waals surface area contributed by atoms with E-state index in [-0.39, 0.29) is 5.28 Å². The van der Waals surface area contributed by atoms with Crippen LogP contribution in [0.1, 0.15) is 27.7 Å². The minimum Gasteiger partial charge on any atom is -0.368 e. The number of hydrogen-bond acceptors (Lipinski definition) is 4. The number of hydrogen-bond donors (Lipinski definition) is 1. The number of aromatic nitrogens is 2. The van der Waals surface area contributed by atoms with Crippen LogP contribution in [0.3, 0.4) is 0 Å². The summed E-state index contributed by atoms with van der Waals surface area (Å²) >= 11 is 5.99. The van der Waals surface area contributed by atoms with E-state index in [1.807, 2.05) is 24.3 Å². The van der Waals surface area contributed by atoms with Gasteiger partial charge in [-0.1, -0.05) is 12.1 Å². The Kier molecular flexibility index (Phi) is 5.37. The minimum atomic E-state index is 0.278. The summed E-state index contributed by atoms with van der Waals surface area (Å²) in [6, 6.07) is 8.95. The van der Waals surface area contributed by atoms with Gasteiger partial charge in [-0.05, 0) is 51.4 Å². The summed E-state index contributed by atoms with van der Waals surface area (Å²) in [5.74, 6) is 0.804. The standard InChI is InChI=1S/C16H23ClN4/c1-11(2)21(12(3)4)10-9-18-15-13-7-5-6-8-14(13)19-16(17)20-15/h5-8,11-12H,9-10H2,1-4H3,(H,18,19,20). The van der Waals surface area contributed by atoms with Crippen molar-refractivity contribution in [3.05, 3.63) is 29.5 Å². The van der Waals surface area contributed by atoms with Crippen molar-refractivity contribution >= 4 is 28.3 Å². The number of fused-ring (bicyclic) bond motifs is 1. The van der Waals surface area contributed by atoms with Crippen LogP contribution in [0.15, 0.2) is 24.3 Å². The Balaban J connectivity index is 2.10. The molecule has 1 aromatic carbocycles. The van der Waals surface area contributed by atoms with Gasteiger partial charge in [0.05, 0.1) is 5.52 Å². The molecule has 5 heteroatoms. The Hall–Kier alpha value is -1.39. The molecule has 0 fully saturated rings. The largest absolute Gasteiger partial charge is 0.368 e. The van der Waals surface area contributed by atoms with Crippen molar-refractivity contribution in [2.45, 2.75) is 39.8 Å². The lowest BCUT2D eigenvalue weighted by Crippen LogP contribution is -2.40. The summed E-state index contributed by atoms with van der Waals surface area (Å²) in [7, 11) is 0. The molecule has 0 atom stereocenters. The highest BCUT2D eigenvalue weighted by atomic mass is 35.5. The molecule has 1 N–H and O–H groups in total. The number of para-hydroxylation sites is 1. The van der Waals surface area contributed by atoms with E-state index in [1.165, 1.54) is 0 Å². The molecule has 0 spiro atoms. The van der Waals surface area contributed by atoms with Gasteiger partial charge in [0, 0.05) is 30.6 Å². The van der Waals surface area contributed by atoms with Crippen molar-refractivity contribution in [1.82, 2.24) is 14.9 Å². The van der Waals surface area contributed by atoms with Gasteiger partial charge >= 0.3 is 0 Å². The lowest BCUT2D eigenvalue weighted by atomic mass is 10.2. The number of anilines is 1. The van der Waals surface area contributed by atoms with Gasteiger partial charge in [0.15, 0.2) is 0 Å². The molecule has 0 unspecified atom stereocenters. The molecule has 2 rings (SSSR count). The summed E-state index contributed by atoms with van der Waals surface area (Å²) < 4.78 is 0. The van der Waals surface area contributed by atoms with Crippen LogP contribution in [0.4, 0.5) is 5.82 Å². The first-order valence-corrected chi connectivity index (χ1v) is 7.78. The first-order chi connectivity index (χ1) is 9.99. The molecule has 1 heterocycles.